The molecule has 0 radical (unpaired) electrons. The number of aromatic nitrogens is 3. The van der Waals surface area contributed by atoms with E-state index in [4.69, 9.17) is 16.3 Å². The van der Waals surface area contributed by atoms with E-state index in [1.165, 1.54) is 12.1 Å². The van der Waals surface area contributed by atoms with Crippen molar-refractivity contribution in [3.8, 4) is 11.8 Å². The Morgan fingerprint density at radius 1 is 1.29 bits per heavy atom. The second-order valence-corrected chi connectivity index (χ2v) is 6.44. The molecular weight excluding hydrogens is 316 g/mol. The Morgan fingerprint density at radius 2 is 2.05 bits per heavy atom. The van der Waals surface area contributed by atoms with Gasteiger partial charge in [-0.15, -0.1) is 0 Å². The van der Waals surface area contributed by atoms with Crippen LogP contribution in [0.2, 0.25) is 5.28 Å². The Morgan fingerprint density at radius 3 is 2.71 bits per heavy atom. The van der Waals surface area contributed by atoms with Gasteiger partial charge in [0.2, 0.25) is 11.2 Å². The number of anilines is 1. The van der Waals surface area contributed by atoms with Gasteiger partial charge in [-0.3, -0.25) is 0 Å². The van der Waals surface area contributed by atoms with Crippen LogP contribution < -0.4 is 10.1 Å². The van der Waals surface area contributed by atoms with Crippen LogP contribution in [0, 0.1) is 0 Å². The number of halogens is 1. The molecule has 9 heteroatoms. The highest BCUT2D eigenvalue weighted by Crippen LogP contribution is 2.22. The van der Waals surface area contributed by atoms with Crippen LogP contribution in [0.4, 0.5) is 5.95 Å². The van der Waals surface area contributed by atoms with Crippen LogP contribution in [0.15, 0.2) is 29.2 Å². The molecule has 0 unspecified atom stereocenters. The molecule has 1 N–H and O–H groups in total. The van der Waals surface area contributed by atoms with Crippen LogP contribution >= 0.6 is 11.6 Å². The van der Waals surface area contributed by atoms with E-state index in [2.05, 4.69) is 20.3 Å². The summed E-state index contributed by atoms with van der Waals surface area (Å²) in [5.41, 5.74) is 0. The van der Waals surface area contributed by atoms with E-state index in [0.29, 0.717) is 12.3 Å². The van der Waals surface area contributed by atoms with E-state index in [0.717, 1.165) is 6.26 Å². The lowest BCUT2D eigenvalue weighted by molar-refractivity contribution is 0.439. The Balaban J connectivity index is 2.30. The summed E-state index contributed by atoms with van der Waals surface area (Å²) in [7, 11) is -3.31. The average molecular weight is 329 g/mol. The predicted molar refractivity (Wildman–Crippen MR) is 78.6 cm³/mol. The maximum absolute atomic E-state index is 11.5. The zero-order chi connectivity index (χ0) is 15.5. The molecule has 0 amide bonds. The molecule has 0 saturated heterocycles. The van der Waals surface area contributed by atoms with Crippen LogP contribution in [0.1, 0.15) is 6.92 Å². The summed E-state index contributed by atoms with van der Waals surface area (Å²) in [5, 5.41) is 2.87. The van der Waals surface area contributed by atoms with Crippen molar-refractivity contribution in [1.29, 1.82) is 0 Å². The van der Waals surface area contributed by atoms with Crippen LogP contribution in [-0.4, -0.2) is 36.2 Å². The molecule has 7 nitrogen and oxygen atoms in total. The number of rotatable bonds is 5. The van der Waals surface area contributed by atoms with E-state index in [9.17, 15) is 8.42 Å². The topological polar surface area (TPSA) is 94.1 Å². The monoisotopic (exact) mass is 328 g/mol. The molecular formula is C12H13ClN4O3S. The van der Waals surface area contributed by atoms with Crippen LogP contribution in [-0.2, 0) is 9.84 Å². The smallest absolute Gasteiger partial charge is 0.328 e. The van der Waals surface area contributed by atoms with E-state index >= 15 is 0 Å². The molecule has 2 rings (SSSR count). The summed E-state index contributed by atoms with van der Waals surface area (Å²) in [4.78, 5) is 11.9. The lowest BCUT2D eigenvalue weighted by atomic mass is 10.3. The van der Waals surface area contributed by atoms with Crippen molar-refractivity contribution in [3.63, 3.8) is 0 Å². The number of sulfone groups is 1. The molecule has 0 bridgehead atoms. The number of nitrogens with zero attached hydrogens (tertiary/aromatic N) is 3. The third-order valence-corrected chi connectivity index (χ3v) is 3.64. The third kappa shape index (κ3) is 4.27. The molecule has 1 aromatic carbocycles. The number of hydrogen-bond donors (Lipinski definition) is 1. The molecule has 0 fully saturated rings. The minimum Gasteiger partial charge on any atom is -0.424 e. The van der Waals surface area contributed by atoms with Gasteiger partial charge in [0.1, 0.15) is 5.75 Å². The molecule has 0 spiro atoms. The van der Waals surface area contributed by atoms with Gasteiger partial charge in [-0.2, -0.15) is 15.0 Å². The first-order valence-electron chi connectivity index (χ1n) is 6.02. The largest absolute Gasteiger partial charge is 0.424 e. The maximum atomic E-state index is 11.5. The summed E-state index contributed by atoms with van der Waals surface area (Å²) in [6.07, 6.45) is 1.12. The number of ether oxygens (including phenoxy) is 1. The normalized spacial score (nSPS) is 11.2. The van der Waals surface area contributed by atoms with Gasteiger partial charge in [-0.25, -0.2) is 8.42 Å². The van der Waals surface area contributed by atoms with Gasteiger partial charge in [0.25, 0.3) is 0 Å². The molecule has 0 aliphatic rings. The number of benzene rings is 1. The second-order valence-electron chi connectivity index (χ2n) is 4.09. The quantitative estimate of drug-likeness (QED) is 0.898. The highest BCUT2D eigenvalue weighted by molar-refractivity contribution is 7.90. The van der Waals surface area contributed by atoms with Gasteiger partial charge in [0.15, 0.2) is 9.84 Å². The number of nitrogens with one attached hydrogen (secondary N) is 1. The summed E-state index contributed by atoms with van der Waals surface area (Å²) in [6.45, 7) is 2.50. The van der Waals surface area contributed by atoms with Crippen LogP contribution in [0.25, 0.3) is 0 Å². The molecule has 2 aromatic rings. The van der Waals surface area contributed by atoms with Crippen molar-refractivity contribution in [2.75, 3.05) is 18.1 Å². The van der Waals surface area contributed by atoms with Gasteiger partial charge < -0.3 is 10.1 Å². The van der Waals surface area contributed by atoms with Crippen molar-refractivity contribution in [1.82, 2.24) is 15.0 Å². The zero-order valence-electron chi connectivity index (χ0n) is 11.4. The second kappa shape index (κ2) is 6.23. The van der Waals surface area contributed by atoms with Crippen LogP contribution in [0.3, 0.4) is 0 Å². The fourth-order valence-electron chi connectivity index (χ4n) is 1.49. The fourth-order valence-corrected chi connectivity index (χ4v) is 2.30. The van der Waals surface area contributed by atoms with Gasteiger partial charge in [0.05, 0.1) is 4.90 Å². The summed E-state index contributed by atoms with van der Waals surface area (Å²) in [5.74, 6) is 0.578. The van der Waals surface area contributed by atoms with Gasteiger partial charge in [0, 0.05) is 12.8 Å². The molecule has 1 aromatic heterocycles. The Labute approximate surface area is 127 Å². The van der Waals surface area contributed by atoms with E-state index in [1.807, 2.05) is 6.92 Å². The standard InChI is InChI=1S/C12H13ClN4O3S/c1-3-14-11-15-10(13)16-12(17-11)20-8-5-4-6-9(7-8)21(2,18)19/h4-7H,3H2,1-2H3,(H,14,15,16,17). The highest BCUT2D eigenvalue weighted by atomic mass is 35.5. The van der Waals surface area contributed by atoms with E-state index in [1.54, 1.807) is 12.1 Å². The first kappa shape index (κ1) is 15.5. The SMILES string of the molecule is CCNc1nc(Cl)nc(Oc2cccc(S(C)(=O)=O)c2)n1. The summed E-state index contributed by atoms with van der Waals surface area (Å²) >= 11 is 5.78. The Hall–Kier alpha value is -1.93. The number of hydrogen-bond acceptors (Lipinski definition) is 7. The Bertz CT molecular complexity index is 752. The lowest BCUT2D eigenvalue weighted by Crippen LogP contribution is -2.05. The van der Waals surface area contributed by atoms with Crippen molar-refractivity contribution in [3.05, 3.63) is 29.5 Å². The minimum absolute atomic E-state index is 0.0170. The molecule has 0 aliphatic carbocycles. The molecule has 21 heavy (non-hydrogen) atoms. The predicted octanol–water partition coefficient (Wildman–Crippen LogP) is 2.15. The lowest BCUT2D eigenvalue weighted by Gasteiger charge is -2.07. The van der Waals surface area contributed by atoms with Crippen molar-refractivity contribution in [2.45, 2.75) is 11.8 Å². The maximum Gasteiger partial charge on any atom is 0.328 e. The first-order valence-corrected chi connectivity index (χ1v) is 8.29. The van der Waals surface area contributed by atoms with Crippen LogP contribution in [0.5, 0.6) is 11.8 Å². The molecule has 1 heterocycles. The molecule has 0 aliphatic heterocycles. The first-order chi connectivity index (χ1) is 9.88. The molecule has 0 saturated carbocycles. The van der Waals surface area contributed by atoms with Crippen molar-refractivity contribution in [2.24, 2.45) is 0 Å². The minimum atomic E-state index is -3.31. The molecule has 0 atom stereocenters. The fraction of sp³-hybridized carbons (Fsp3) is 0.250. The van der Waals surface area contributed by atoms with Gasteiger partial charge >= 0.3 is 6.01 Å². The average Bonchev–Trinajstić information content (AvgIpc) is 2.37. The highest BCUT2D eigenvalue weighted by Gasteiger charge is 2.10. The third-order valence-electron chi connectivity index (χ3n) is 2.37. The van der Waals surface area contributed by atoms with E-state index < -0.39 is 9.84 Å². The van der Waals surface area contributed by atoms with E-state index in [-0.39, 0.29) is 22.1 Å². The van der Waals surface area contributed by atoms with Crippen molar-refractivity contribution < 1.29 is 13.2 Å². The summed E-state index contributed by atoms with van der Waals surface area (Å²) in [6, 6.07) is 6.02. The zero-order valence-corrected chi connectivity index (χ0v) is 12.9. The summed E-state index contributed by atoms with van der Waals surface area (Å²) < 4.78 is 28.4. The Kier molecular flexibility index (Phi) is 4.59. The van der Waals surface area contributed by atoms with Gasteiger partial charge in [-0.1, -0.05) is 6.07 Å². The van der Waals surface area contributed by atoms with Gasteiger partial charge in [-0.05, 0) is 36.7 Å². The molecule has 112 valence electrons. The van der Waals surface area contributed by atoms with Crippen molar-refractivity contribution >= 4 is 27.4 Å².